The van der Waals surface area contributed by atoms with Gasteiger partial charge in [-0.05, 0) is 0 Å². The van der Waals surface area contributed by atoms with E-state index in [0.29, 0.717) is 0 Å². The van der Waals surface area contributed by atoms with Gasteiger partial charge in [0.2, 0.25) is 11.8 Å². The molecule has 78 valence electrons. The molecule has 8 nitrogen and oxygen atoms in total. The van der Waals surface area contributed by atoms with Gasteiger partial charge in [-0.1, -0.05) is 0 Å². The molecule has 0 unspecified atom stereocenters. The van der Waals surface area contributed by atoms with E-state index >= 15 is 0 Å². The van der Waals surface area contributed by atoms with Gasteiger partial charge in [-0.2, -0.15) is 0 Å². The molecule has 0 aliphatic heterocycles. The van der Waals surface area contributed by atoms with Crippen molar-refractivity contribution >= 4 is 22.8 Å². The zero-order valence-corrected chi connectivity index (χ0v) is 7.36. The molecule has 0 spiro atoms. The number of hydroxylamine groups is 1. The quantitative estimate of drug-likeness (QED) is 0.156. The van der Waals surface area contributed by atoms with Gasteiger partial charge in [0.15, 0.2) is 0 Å². The van der Waals surface area contributed by atoms with Crippen LogP contribution in [-0.2, 0) is 20.6 Å². The highest BCUT2D eigenvalue weighted by Crippen LogP contribution is 1.84. The Morgan fingerprint density at radius 1 is 1.31 bits per heavy atom. The Morgan fingerprint density at radius 3 is 1.92 bits per heavy atom. The van der Waals surface area contributed by atoms with Crippen LogP contribution in [0.1, 0.15) is 12.8 Å². The Morgan fingerprint density at radius 2 is 1.69 bits per heavy atom. The number of primary amides is 1. The van der Waals surface area contributed by atoms with Crippen LogP contribution in [0.2, 0.25) is 0 Å². The molecule has 0 atom stereocenters. The molecule has 0 aromatic carbocycles. The number of hydrogen-bond donors (Lipinski definition) is 5. The summed E-state index contributed by atoms with van der Waals surface area (Å²) < 4.78 is 24.2. The van der Waals surface area contributed by atoms with Crippen molar-refractivity contribution in [3.05, 3.63) is 0 Å². The summed E-state index contributed by atoms with van der Waals surface area (Å²) >= 11 is 0. The monoisotopic (exact) mass is 214 g/mol. The topological polar surface area (TPSA) is 147 Å². The second-order valence-electron chi connectivity index (χ2n) is 1.74. The maximum Gasteiger partial charge on any atom is 0.254 e. The molecule has 9 heteroatoms. The Labute approximate surface area is 75.5 Å². The van der Waals surface area contributed by atoms with Crippen molar-refractivity contribution in [2.45, 2.75) is 12.8 Å². The third-order valence-corrected chi connectivity index (χ3v) is 0.723. The van der Waals surface area contributed by atoms with Crippen molar-refractivity contribution in [1.29, 1.82) is 0 Å². The predicted molar refractivity (Wildman–Crippen MR) is 41.3 cm³/mol. The number of rotatable bonds is 3. The van der Waals surface area contributed by atoms with E-state index in [0.717, 1.165) is 0 Å². The van der Waals surface area contributed by atoms with E-state index in [1.165, 1.54) is 5.48 Å². The molecular formula is C4H10N2O6S. The maximum atomic E-state index is 10.1. The third-order valence-electron chi connectivity index (χ3n) is 0.723. The van der Waals surface area contributed by atoms with Gasteiger partial charge in [-0.3, -0.25) is 19.3 Å². The predicted octanol–water partition coefficient (Wildman–Crippen LogP) is -2.17. The summed E-state index contributed by atoms with van der Waals surface area (Å²) in [7, 11) is -3.12. The lowest BCUT2D eigenvalue weighted by molar-refractivity contribution is -0.131. The van der Waals surface area contributed by atoms with Crippen LogP contribution in [0.4, 0.5) is 0 Å². The molecule has 0 aromatic rings. The van der Waals surface area contributed by atoms with Gasteiger partial charge < -0.3 is 5.73 Å². The van der Waals surface area contributed by atoms with Gasteiger partial charge >= 0.3 is 0 Å². The number of nitrogens with two attached hydrogens (primary N) is 1. The fourth-order valence-corrected chi connectivity index (χ4v) is 0.293. The fourth-order valence-electron chi connectivity index (χ4n) is 0.293. The van der Waals surface area contributed by atoms with Crippen molar-refractivity contribution in [2.75, 3.05) is 0 Å². The van der Waals surface area contributed by atoms with E-state index in [1.54, 1.807) is 0 Å². The smallest absolute Gasteiger partial charge is 0.254 e. The Balaban J connectivity index is 0. The Bertz CT molecular complexity index is 229. The van der Waals surface area contributed by atoms with Crippen LogP contribution < -0.4 is 11.2 Å². The molecule has 0 aliphatic rings. The SMILES string of the molecule is NC(=O)CCC(=O)NO.O=[SH](=O)O. The molecule has 0 radical (unpaired) electrons. The Kier molecular flexibility index (Phi) is 9.82. The molecule has 0 heterocycles. The number of amides is 2. The summed E-state index contributed by atoms with van der Waals surface area (Å²) in [5.74, 6) is -1.16. The first kappa shape index (κ1) is 14.3. The van der Waals surface area contributed by atoms with E-state index in [1.807, 2.05) is 0 Å². The van der Waals surface area contributed by atoms with Gasteiger partial charge in [0.1, 0.15) is 0 Å². The summed E-state index contributed by atoms with van der Waals surface area (Å²) in [6.07, 6.45) is -0.0990. The maximum absolute atomic E-state index is 10.1. The van der Waals surface area contributed by atoms with E-state index in [4.69, 9.17) is 23.9 Å². The lowest BCUT2D eigenvalue weighted by Crippen LogP contribution is -2.21. The largest absolute Gasteiger partial charge is 0.370 e. The molecule has 0 fully saturated rings. The van der Waals surface area contributed by atoms with Gasteiger partial charge in [0.25, 0.3) is 11.0 Å². The molecule has 0 saturated carbocycles. The Hall–Kier alpha value is -1.19. The zero-order valence-electron chi connectivity index (χ0n) is 6.47. The molecule has 5 N–H and O–H groups in total. The minimum Gasteiger partial charge on any atom is -0.370 e. The standard InChI is InChI=1S/C4H8N2O3.H2O3S/c5-3(7)1-2-4(8)6-9;1-4(2)3/h9H,1-2H2,(H2,5,7)(H,6,8);4H,(H,1,2,3). The minimum atomic E-state index is -3.12. The van der Waals surface area contributed by atoms with Gasteiger partial charge in [0.05, 0.1) is 0 Å². The number of carbonyl (C=O) groups is 2. The van der Waals surface area contributed by atoms with Crippen LogP contribution >= 0.6 is 0 Å². The van der Waals surface area contributed by atoms with Crippen LogP contribution in [-0.4, -0.2) is 30.0 Å². The number of carbonyl (C=O) groups excluding carboxylic acids is 2. The normalized spacial score (nSPS) is 8.54. The average Bonchev–Trinajstić information content (AvgIpc) is 1.99. The first-order valence-electron chi connectivity index (χ1n) is 2.94. The van der Waals surface area contributed by atoms with Crippen LogP contribution in [0.15, 0.2) is 0 Å². The minimum absolute atomic E-state index is 0.0353. The molecule has 0 aromatic heterocycles. The first-order valence-corrected chi connectivity index (χ1v) is 4.07. The summed E-state index contributed by atoms with van der Waals surface area (Å²) in [6.45, 7) is 0. The molecule has 13 heavy (non-hydrogen) atoms. The van der Waals surface area contributed by atoms with Crippen LogP contribution in [0.3, 0.4) is 0 Å². The van der Waals surface area contributed by atoms with Crippen molar-refractivity contribution in [3.8, 4) is 0 Å². The average molecular weight is 214 g/mol. The zero-order chi connectivity index (χ0) is 10.9. The lowest BCUT2D eigenvalue weighted by Gasteiger charge is -1.92. The number of nitrogens with one attached hydrogen (secondary N) is 1. The lowest BCUT2D eigenvalue weighted by atomic mass is 10.3. The summed E-state index contributed by atoms with van der Waals surface area (Å²) in [5.41, 5.74) is 6.07. The third kappa shape index (κ3) is 24.9. The van der Waals surface area contributed by atoms with Crippen molar-refractivity contribution in [1.82, 2.24) is 5.48 Å². The van der Waals surface area contributed by atoms with E-state index < -0.39 is 22.8 Å². The van der Waals surface area contributed by atoms with Crippen molar-refractivity contribution in [3.63, 3.8) is 0 Å². The highest BCUT2D eigenvalue weighted by atomic mass is 32.2. The highest BCUT2D eigenvalue weighted by molar-refractivity contribution is 7.66. The summed E-state index contributed by atoms with van der Waals surface area (Å²) in [4.78, 5) is 20.1. The second-order valence-corrected chi connectivity index (χ2v) is 2.21. The van der Waals surface area contributed by atoms with E-state index in [2.05, 4.69) is 0 Å². The van der Waals surface area contributed by atoms with Crippen LogP contribution in [0.5, 0.6) is 0 Å². The molecule has 0 aliphatic carbocycles. The molecule has 0 saturated heterocycles. The molecule has 0 rings (SSSR count). The second kappa shape index (κ2) is 8.90. The van der Waals surface area contributed by atoms with E-state index in [9.17, 15) is 9.59 Å². The molecule has 2 amide bonds. The van der Waals surface area contributed by atoms with Gasteiger partial charge in [0, 0.05) is 12.8 Å². The van der Waals surface area contributed by atoms with Crippen molar-refractivity contribution in [2.24, 2.45) is 5.73 Å². The molecule has 0 bridgehead atoms. The summed E-state index contributed by atoms with van der Waals surface area (Å²) in [5, 5.41) is 7.90. The number of thiol groups is 1. The molecular weight excluding hydrogens is 204 g/mol. The fraction of sp³-hybridized carbons (Fsp3) is 0.500. The van der Waals surface area contributed by atoms with Crippen LogP contribution in [0.25, 0.3) is 0 Å². The summed E-state index contributed by atoms with van der Waals surface area (Å²) in [6, 6.07) is 0. The van der Waals surface area contributed by atoms with Gasteiger partial charge in [-0.15, -0.1) is 0 Å². The first-order chi connectivity index (χ1) is 5.90. The number of hydrogen-bond acceptors (Lipinski definition) is 5. The van der Waals surface area contributed by atoms with Crippen LogP contribution in [0, 0.1) is 0 Å². The van der Waals surface area contributed by atoms with Gasteiger partial charge in [-0.25, -0.2) is 13.9 Å². The van der Waals surface area contributed by atoms with Crippen molar-refractivity contribution < 1.29 is 27.8 Å². The highest BCUT2D eigenvalue weighted by Gasteiger charge is 2.00. The van der Waals surface area contributed by atoms with E-state index in [-0.39, 0.29) is 12.8 Å².